The Bertz CT molecular complexity index is 795. The smallest absolute Gasteiger partial charge is 0.376 e. The Morgan fingerprint density at radius 3 is 2.50 bits per heavy atom. The second kappa shape index (κ2) is 5.77. The highest BCUT2D eigenvalue weighted by Gasteiger charge is 2.22. The van der Waals surface area contributed by atoms with E-state index in [9.17, 15) is 4.79 Å². The molecule has 2 heterocycles. The predicted molar refractivity (Wildman–Crippen MR) is 80.7 cm³/mol. The van der Waals surface area contributed by atoms with Gasteiger partial charge in [0.15, 0.2) is 5.82 Å². The van der Waals surface area contributed by atoms with Crippen LogP contribution in [0.25, 0.3) is 17.2 Å². The summed E-state index contributed by atoms with van der Waals surface area (Å²) in [5.41, 5.74) is 2.53. The minimum Gasteiger partial charge on any atom is -0.463 e. The van der Waals surface area contributed by atoms with Gasteiger partial charge >= 0.3 is 5.97 Å². The van der Waals surface area contributed by atoms with Crippen LogP contribution >= 0.6 is 0 Å². The molecular formula is C16H14N4O2. The second-order valence-electron chi connectivity index (χ2n) is 4.72. The highest BCUT2D eigenvalue weighted by atomic mass is 16.5. The third-order valence-corrected chi connectivity index (χ3v) is 3.22. The number of rotatable bonds is 3. The van der Waals surface area contributed by atoms with E-state index in [2.05, 4.69) is 15.2 Å². The van der Waals surface area contributed by atoms with E-state index < -0.39 is 5.97 Å². The predicted octanol–water partition coefficient (Wildman–Crippen LogP) is 2.42. The van der Waals surface area contributed by atoms with Gasteiger partial charge in [0.1, 0.15) is 5.69 Å². The molecule has 3 rings (SSSR count). The number of aromatic nitrogens is 4. The number of ether oxygens (including phenoxy) is 1. The van der Waals surface area contributed by atoms with E-state index in [4.69, 9.17) is 4.74 Å². The topological polar surface area (TPSA) is 69.9 Å². The molecule has 0 spiro atoms. The van der Waals surface area contributed by atoms with Gasteiger partial charge in [-0.15, -0.1) is 10.2 Å². The van der Waals surface area contributed by atoms with E-state index in [1.807, 2.05) is 49.4 Å². The molecule has 0 amide bonds. The van der Waals surface area contributed by atoms with Crippen LogP contribution in [0, 0.1) is 6.92 Å². The van der Waals surface area contributed by atoms with Gasteiger partial charge in [-0.3, -0.25) is 9.55 Å². The lowest BCUT2D eigenvalue weighted by molar-refractivity contribution is 0.0584. The maximum Gasteiger partial charge on any atom is 0.376 e. The van der Waals surface area contributed by atoms with Crippen LogP contribution in [0.2, 0.25) is 0 Å². The minimum atomic E-state index is -0.546. The van der Waals surface area contributed by atoms with Gasteiger partial charge in [0.25, 0.3) is 0 Å². The zero-order chi connectivity index (χ0) is 15.5. The summed E-state index contributed by atoms with van der Waals surface area (Å²) in [6.45, 7) is 2.00. The van der Waals surface area contributed by atoms with Crippen LogP contribution in [0.1, 0.15) is 16.2 Å². The monoisotopic (exact) mass is 294 g/mol. The van der Waals surface area contributed by atoms with Crippen LogP contribution in [0.5, 0.6) is 0 Å². The fourth-order valence-corrected chi connectivity index (χ4v) is 2.11. The Balaban J connectivity index is 2.22. The Morgan fingerprint density at radius 2 is 1.86 bits per heavy atom. The first kappa shape index (κ1) is 13.9. The Hall–Kier alpha value is -3.02. The van der Waals surface area contributed by atoms with Crippen LogP contribution in [-0.4, -0.2) is 32.8 Å². The third kappa shape index (κ3) is 2.46. The number of hydrogen-bond donors (Lipinski definition) is 0. The van der Waals surface area contributed by atoms with Crippen molar-refractivity contribution >= 4 is 5.97 Å². The Labute approximate surface area is 127 Å². The maximum atomic E-state index is 12.0. The summed E-state index contributed by atoms with van der Waals surface area (Å²) in [5.74, 6) is 0.0621. The molecule has 0 fully saturated rings. The van der Waals surface area contributed by atoms with Crippen LogP contribution in [0.15, 0.2) is 48.7 Å². The number of nitrogens with zero attached hydrogens (tertiary/aromatic N) is 4. The zero-order valence-corrected chi connectivity index (χ0v) is 12.2. The standard InChI is InChI=1S/C16H14N4O2/c1-11-6-8-12(9-7-11)20-14(13-5-3-4-10-17-13)18-19-15(20)16(21)22-2/h3-10H,1-2H3. The molecule has 0 bridgehead atoms. The van der Waals surface area contributed by atoms with Crippen LogP contribution < -0.4 is 0 Å². The first-order valence-corrected chi connectivity index (χ1v) is 6.73. The summed E-state index contributed by atoms with van der Waals surface area (Å²) in [4.78, 5) is 16.2. The lowest BCUT2D eigenvalue weighted by Crippen LogP contribution is -2.11. The van der Waals surface area contributed by atoms with Crippen LogP contribution in [-0.2, 0) is 4.74 Å². The largest absolute Gasteiger partial charge is 0.463 e. The van der Waals surface area contributed by atoms with Crippen molar-refractivity contribution in [1.82, 2.24) is 19.7 Å². The van der Waals surface area contributed by atoms with E-state index >= 15 is 0 Å². The fourth-order valence-electron chi connectivity index (χ4n) is 2.11. The molecule has 0 aliphatic carbocycles. The highest BCUT2D eigenvalue weighted by molar-refractivity contribution is 5.87. The van der Waals surface area contributed by atoms with Crippen LogP contribution in [0.4, 0.5) is 0 Å². The lowest BCUT2D eigenvalue weighted by Gasteiger charge is -2.09. The second-order valence-corrected chi connectivity index (χ2v) is 4.72. The lowest BCUT2D eigenvalue weighted by atomic mass is 10.2. The summed E-state index contributed by atoms with van der Waals surface area (Å²) >= 11 is 0. The maximum absolute atomic E-state index is 12.0. The SMILES string of the molecule is COC(=O)c1nnc(-c2ccccn2)n1-c1ccc(C)cc1. The molecule has 6 nitrogen and oxygen atoms in total. The number of benzene rings is 1. The quantitative estimate of drug-likeness (QED) is 0.694. The van der Waals surface area contributed by atoms with Crippen molar-refractivity contribution in [2.75, 3.05) is 7.11 Å². The molecule has 0 saturated carbocycles. The number of aryl methyl sites for hydroxylation is 1. The molecular weight excluding hydrogens is 280 g/mol. The van der Waals surface area contributed by atoms with Crippen molar-refractivity contribution < 1.29 is 9.53 Å². The number of esters is 1. The molecule has 0 saturated heterocycles. The highest BCUT2D eigenvalue weighted by Crippen LogP contribution is 2.21. The average Bonchev–Trinajstić information content (AvgIpc) is 3.00. The zero-order valence-electron chi connectivity index (χ0n) is 12.2. The number of hydrogen-bond acceptors (Lipinski definition) is 5. The first-order valence-electron chi connectivity index (χ1n) is 6.73. The molecule has 110 valence electrons. The summed E-state index contributed by atoms with van der Waals surface area (Å²) in [6, 6.07) is 13.2. The third-order valence-electron chi connectivity index (χ3n) is 3.22. The van der Waals surface area contributed by atoms with Crippen LogP contribution in [0.3, 0.4) is 0 Å². The molecule has 1 aromatic carbocycles. The molecule has 0 atom stereocenters. The molecule has 0 unspecified atom stereocenters. The van der Waals surface area contributed by atoms with E-state index in [1.54, 1.807) is 10.8 Å². The molecule has 0 aliphatic heterocycles. The van der Waals surface area contributed by atoms with Gasteiger partial charge in [-0.1, -0.05) is 23.8 Å². The molecule has 2 aromatic heterocycles. The van der Waals surface area contributed by atoms with Gasteiger partial charge in [-0.25, -0.2) is 4.79 Å². The van der Waals surface area contributed by atoms with E-state index in [-0.39, 0.29) is 5.82 Å². The molecule has 6 heteroatoms. The van der Waals surface area contributed by atoms with E-state index in [1.165, 1.54) is 7.11 Å². The average molecular weight is 294 g/mol. The normalized spacial score (nSPS) is 10.5. The van der Waals surface area contributed by atoms with Crippen molar-refractivity contribution in [1.29, 1.82) is 0 Å². The minimum absolute atomic E-state index is 0.118. The molecule has 0 N–H and O–H groups in total. The molecule has 0 radical (unpaired) electrons. The van der Waals surface area contributed by atoms with Gasteiger partial charge in [0.2, 0.25) is 5.82 Å². The molecule has 3 aromatic rings. The summed E-state index contributed by atoms with van der Waals surface area (Å²) < 4.78 is 6.44. The molecule has 22 heavy (non-hydrogen) atoms. The fraction of sp³-hybridized carbons (Fsp3) is 0.125. The van der Waals surface area contributed by atoms with Crippen molar-refractivity contribution in [3.8, 4) is 17.2 Å². The Kier molecular flexibility index (Phi) is 3.65. The van der Waals surface area contributed by atoms with Crippen molar-refractivity contribution in [2.45, 2.75) is 6.92 Å². The number of carbonyl (C=O) groups is 1. The number of methoxy groups -OCH3 is 1. The number of carbonyl (C=O) groups excluding carboxylic acids is 1. The van der Waals surface area contributed by atoms with Gasteiger partial charge in [0.05, 0.1) is 7.11 Å². The summed E-state index contributed by atoms with van der Waals surface area (Å²) in [5, 5.41) is 8.06. The molecule has 0 aliphatic rings. The van der Waals surface area contributed by atoms with E-state index in [0.717, 1.165) is 11.3 Å². The van der Waals surface area contributed by atoms with Crippen molar-refractivity contribution in [3.05, 3.63) is 60.0 Å². The van der Waals surface area contributed by atoms with Gasteiger partial charge in [0, 0.05) is 11.9 Å². The first-order chi connectivity index (χ1) is 10.7. The van der Waals surface area contributed by atoms with Gasteiger partial charge < -0.3 is 4.74 Å². The van der Waals surface area contributed by atoms with E-state index in [0.29, 0.717) is 11.5 Å². The Morgan fingerprint density at radius 1 is 1.09 bits per heavy atom. The van der Waals surface area contributed by atoms with Crippen molar-refractivity contribution in [2.24, 2.45) is 0 Å². The summed E-state index contributed by atoms with van der Waals surface area (Å²) in [6.07, 6.45) is 1.67. The number of pyridine rings is 1. The van der Waals surface area contributed by atoms with Gasteiger partial charge in [-0.2, -0.15) is 0 Å². The summed E-state index contributed by atoms with van der Waals surface area (Å²) in [7, 11) is 1.32. The van der Waals surface area contributed by atoms with Crippen molar-refractivity contribution in [3.63, 3.8) is 0 Å². The van der Waals surface area contributed by atoms with Gasteiger partial charge in [-0.05, 0) is 31.2 Å².